The van der Waals surface area contributed by atoms with E-state index in [1.165, 1.54) is 19.3 Å². The van der Waals surface area contributed by atoms with Gasteiger partial charge in [-0.25, -0.2) is 4.79 Å². The third kappa shape index (κ3) is 6.26. The molecule has 1 aliphatic rings. The van der Waals surface area contributed by atoms with Gasteiger partial charge in [-0.2, -0.15) is 0 Å². The highest BCUT2D eigenvalue weighted by molar-refractivity contribution is 5.95. The van der Waals surface area contributed by atoms with Crippen molar-refractivity contribution < 1.29 is 9.59 Å². The van der Waals surface area contributed by atoms with E-state index in [1.54, 1.807) is 0 Å². The first-order valence-corrected chi connectivity index (χ1v) is 8.08. The zero-order valence-electron chi connectivity index (χ0n) is 13.0. The van der Waals surface area contributed by atoms with Crippen LogP contribution in [-0.4, -0.2) is 36.5 Å². The third-order valence-corrected chi connectivity index (χ3v) is 3.86. The molecule has 0 atom stereocenters. The summed E-state index contributed by atoms with van der Waals surface area (Å²) in [6.45, 7) is 2.61. The molecule has 5 heteroatoms. The number of hydrogen-bond donors (Lipinski definition) is 2. The van der Waals surface area contributed by atoms with E-state index in [9.17, 15) is 9.59 Å². The lowest BCUT2D eigenvalue weighted by Gasteiger charge is -2.23. The number of likely N-dealkylation sites (tertiary alicyclic amines) is 1. The van der Waals surface area contributed by atoms with Crippen molar-refractivity contribution in [3.8, 4) is 0 Å². The Morgan fingerprint density at radius 3 is 2.27 bits per heavy atom. The summed E-state index contributed by atoms with van der Waals surface area (Å²) in [5.41, 5.74) is 1.01. The summed E-state index contributed by atoms with van der Waals surface area (Å²) >= 11 is 0. The van der Waals surface area contributed by atoms with Crippen molar-refractivity contribution in [2.45, 2.75) is 38.6 Å². The van der Waals surface area contributed by atoms with Crippen LogP contribution in [-0.2, 0) is 11.3 Å². The number of urea groups is 1. The highest BCUT2D eigenvalue weighted by Crippen LogP contribution is 2.09. The SMILES string of the molecule is O=C(CN1CCCCCCC1)NC(=O)NCc1ccccc1. The zero-order chi connectivity index (χ0) is 15.6. The maximum atomic E-state index is 11.9. The molecule has 3 amide bonds. The summed E-state index contributed by atoms with van der Waals surface area (Å²) in [5.74, 6) is -0.230. The van der Waals surface area contributed by atoms with Gasteiger partial charge in [-0.1, -0.05) is 49.6 Å². The molecule has 0 aliphatic carbocycles. The summed E-state index contributed by atoms with van der Waals surface area (Å²) < 4.78 is 0. The van der Waals surface area contributed by atoms with Gasteiger partial charge in [0.2, 0.25) is 5.91 Å². The van der Waals surface area contributed by atoms with Crippen LogP contribution in [0.2, 0.25) is 0 Å². The minimum atomic E-state index is -0.430. The molecule has 0 saturated carbocycles. The molecular weight excluding hydrogens is 278 g/mol. The van der Waals surface area contributed by atoms with Crippen molar-refractivity contribution in [2.24, 2.45) is 0 Å². The highest BCUT2D eigenvalue weighted by Gasteiger charge is 2.14. The fourth-order valence-electron chi connectivity index (χ4n) is 2.66. The van der Waals surface area contributed by atoms with Crippen LogP contribution in [0.3, 0.4) is 0 Å². The molecule has 0 bridgehead atoms. The van der Waals surface area contributed by atoms with Crippen LogP contribution >= 0.6 is 0 Å². The molecule has 2 rings (SSSR count). The number of nitrogens with zero attached hydrogens (tertiary/aromatic N) is 1. The molecule has 2 N–H and O–H groups in total. The predicted molar refractivity (Wildman–Crippen MR) is 86.3 cm³/mol. The Kier molecular flexibility index (Phi) is 6.90. The van der Waals surface area contributed by atoms with Gasteiger partial charge >= 0.3 is 6.03 Å². The topological polar surface area (TPSA) is 61.4 Å². The van der Waals surface area contributed by atoms with Crippen LogP contribution in [0.4, 0.5) is 4.79 Å². The van der Waals surface area contributed by atoms with E-state index in [0.717, 1.165) is 31.5 Å². The number of rotatable bonds is 4. The monoisotopic (exact) mass is 303 g/mol. The Balaban J connectivity index is 1.68. The number of carbonyl (C=O) groups excluding carboxylic acids is 2. The molecule has 0 aromatic heterocycles. The Morgan fingerprint density at radius 1 is 0.955 bits per heavy atom. The molecule has 1 fully saturated rings. The van der Waals surface area contributed by atoms with E-state index in [0.29, 0.717) is 13.1 Å². The molecule has 1 saturated heterocycles. The van der Waals surface area contributed by atoms with Gasteiger partial charge < -0.3 is 5.32 Å². The van der Waals surface area contributed by atoms with Gasteiger partial charge in [0.25, 0.3) is 0 Å². The van der Waals surface area contributed by atoms with Crippen molar-refractivity contribution in [3.63, 3.8) is 0 Å². The van der Waals surface area contributed by atoms with E-state index in [2.05, 4.69) is 15.5 Å². The molecule has 1 heterocycles. The average molecular weight is 303 g/mol. The van der Waals surface area contributed by atoms with Gasteiger partial charge in [0.05, 0.1) is 6.54 Å². The van der Waals surface area contributed by atoms with Crippen LogP contribution in [0.15, 0.2) is 30.3 Å². The van der Waals surface area contributed by atoms with Crippen molar-refractivity contribution >= 4 is 11.9 Å². The van der Waals surface area contributed by atoms with E-state index in [4.69, 9.17) is 0 Å². The fourth-order valence-corrected chi connectivity index (χ4v) is 2.66. The maximum absolute atomic E-state index is 11.9. The van der Waals surface area contributed by atoms with Crippen LogP contribution < -0.4 is 10.6 Å². The number of amides is 3. The highest BCUT2D eigenvalue weighted by atomic mass is 16.2. The minimum Gasteiger partial charge on any atom is -0.334 e. The molecule has 120 valence electrons. The van der Waals surface area contributed by atoms with E-state index in [1.807, 2.05) is 30.3 Å². The number of imide groups is 1. The number of benzene rings is 1. The molecule has 0 unspecified atom stereocenters. The first kappa shape index (κ1) is 16.5. The summed E-state index contributed by atoms with van der Waals surface area (Å²) in [6.07, 6.45) is 6.02. The zero-order valence-corrected chi connectivity index (χ0v) is 13.0. The summed E-state index contributed by atoms with van der Waals surface area (Å²) in [6, 6.07) is 9.20. The lowest BCUT2D eigenvalue weighted by Crippen LogP contribution is -2.44. The fraction of sp³-hybridized carbons (Fsp3) is 0.529. The van der Waals surface area contributed by atoms with E-state index in [-0.39, 0.29) is 5.91 Å². The smallest absolute Gasteiger partial charge is 0.321 e. The number of hydrogen-bond acceptors (Lipinski definition) is 3. The normalized spacial score (nSPS) is 16.4. The second kappa shape index (κ2) is 9.20. The van der Waals surface area contributed by atoms with Gasteiger partial charge in [0.15, 0.2) is 0 Å². The predicted octanol–water partition coefficient (Wildman–Crippen LogP) is 2.28. The second-order valence-corrected chi connectivity index (χ2v) is 5.76. The Labute approximate surface area is 132 Å². The van der Waals surface area contributed by atoms with Crippen LogP contribution in [0.1, 0.15) is 37.7 Å². The van der Waals surface area contributed by atoms with E-state index < -0.39 is 6.03 Å². The van der Waals surface area contributed by atoms with Gasteiger partial charge in [-0.15, -0.1) is 0 Å². The van der Waals surface area contributed by atoms with Gasteiger partial charge in [0, 0.05) is 6.54 Å². The lowest BCUT2D eigenvalue weighted by atomic mass is 10.1. The first-order valence-electron chi connectivity index (χ1n) is 8.08. The minimum absolute atomic E-state index is 0.230. The standard InChI is InChI=1S/C17H25N3O2/c21-16(14-20-11-7-2-1-3-8-12-20)19-17(22)18-13-15-9-5-4-6-10-15/h4-6,9-10H,1-3,7-8,11-14H2,(H2,18,19,21,22). The molecule has 1 aliphatic heterocycles. The van der Waals surface area contributed by atoms with Crippen LogP contribution in [0, 0.1) is 0 Å². The van der Waals surface area contributed by atoms with E-state index >= 15 is 0 Å². The van der Waals surface area contributed by atoms with Gasteiger partial charge in [-0.3, -0.25) is 15.0 Å². The van der Waals surface area contributed by atoms with Crippen molar-refractivity contribution in [2.75, 3.05) is 19.6 Å². The van der Waals surface area contributed by atoms with Crippen molar-refractivity contribution in [1.29, 1.82) is 0 Å². The Bertz CT molecular complexity index is 468. The summed E-state index contributed by atoms with van der Waals surface area (Å²) in [7, 11) is 0. The molecule has 5 nitrogen and oxygen atoms in total. The third-order valence-electron chi connectivity index (χ3n) is 3.86. The van der Waals surface area contributed by atoms with Crippen LogP contribution in [0.25, 0.3) is 0 Å². The van der Waals surface area contributed by atoms with Gasteiger partial charge in [-0.05, 0) is 31.5 Å². The summed E-state index contributed by atoms with van der Waals surface area (Å²) in [5, 5.41) is 5.10. The molecular formula is C17H25N3O2. The quantitative estimate of drug-likeness (QED) is 0.897. The van der Waals surface area contributed by atoms with Gasteiger partial charge in [0.1, 0.15) is 0 Å². The van der Waals surface area contributed by atoms with Crippen molar-refractivity contribution in [3.05, 3.63) is 35.9 Å². The Morgan fingerprint density at radius 2 is 1.59 bits per heavy atom. The molecule has 0 spiro atoms. The van der Waals surface area contributed by atoms with Crippen LogP contribution in [0.5, 0.6) is 0 Å². The van der Waals surface area contributed by atoms with Crippen molar-refractivity contribution in [1.82, 2.24) is 15.5 Å². The molecule has 22 heavy (non-hydrogen) atoms. The largest absolute Gasteiger partial charge is 0.334 e. The molecule has 1 aromatic rings. The average Bonchev–Trinajstić information content (AvgIpc) is 2.49. The number of nitrogens with one attached hydrogen (secondary N) is 2. The maximum Gasteiger partial charge on any atom is 0.321 e. The second-order valence-electron chi connectivity index (χ2n) is 5.76. The number of carbonyl (C=O) groups is 2. The Hall–Kier alpha value is -1.88. The summed E-state index contributed by atoms with van der Waals surface area (Å²) in [4.78, 5) is 25.8. The molecule has 0 radical (unpaired) electrons. The molecule has 1 aromatic carbocycles. The first-order chi connectivity index (χ1) is 10.7. The lowest BCUT2D eigenvalue weighted by molar-refractivity contribution is -0.121.